The van der Waals surface area contributed by atoms with Crippen molar-refractivity contribution >= 4 is 21.6 Å². The molecular formula is C24H29F2N3O4S. The van der Waals surface area contributed by atoms with Gasteiger partial charge in [0.15, 0.2) is 0 Å². The summed E-state index contributed by atoms with van der Waals surface area (Å²) in [7, 11) is -3.68. The highest BCUT2D eigenvalue weighted by Gasteiger charge is 2.28. The topological polar surface area (TPSA) is 78.9 Å². The van der Waals surface area contributed by atoms with E-state index in [0.717, 1.165) is 45.2 Å². The van der Waals surface area contributed by atoms with Crippen LogP contribution in [-0.4, -0.2) is 51.4 Å². The average Bonchev–Trinajstić information content (AvgIpc) is 3.38. The second kappa shape index (κ2) is 10.7. The number of amides is 1. The fourth-order valence-corrected chi connectivity index (χ4v) is 5.96. The van der Waals surface area contributed by atoms with Gasteiger partial charge in [-0.2, -0.15) is 13.1 Å². The van der Waals surface area contributed by atoms with Crippen molar-refractivity contribution < 1.29 is 26.7 Å². The number of carbonyl (C=O) groups is 1. The molecule has 2 saturated heterocycles. The molecule has 2 aromatic rings. The number of hydrogen-bond donors (Lipinski definition) is 1. The first-order chi connectivity index (χ1) is 16.3. The van der Waals surface area contributed by atoms with Crippen molar-refractivity contribution in [1.82, 2.24) is 9.62 Å². The minimum Gasteiger partial charge on any atom is -0.435 e. The van der Waals surface area contributed by atoms with Crippen LogP contribution in [0.3, 0.4) is 0 Å². The van der Waals surface area contributed by atoms with Gasteiger partial charge in [-0.15, -0.1) is 0 Å². The minimum atomic E-state index is -3.68. The van der Waals surface area contributed by atoms with Crippen molar-refractivity contribution in [2.24, 2.45) is 0 Å². The molecule has 2 aliphatic heterocycles. The van der Waals surface area contributed by atoms with E-state index in [4.69, 9.17) is 0 Å². The molecule has 184 valence electrons. The van der Waals surface area contributed by atoms with Crippen LogP contribution in [0.1, 0.15) is 48.0 Å². The summed E-state index contributed by atoms with van der Waals surface area (Å²) in [6.45, 7) is -0.139. The van der Waals surface area contributed by atoms with Crippen LogP contribution in [0.5, 0.6) is 5.75 Å². The Morgan fingerprint density at radius 1 is 0.941 bits per heavy atom. The van der Waals surface area contributed by atoms with Gasteiger partial charge in [-0.05, 0) is 61.6 Å². The Kier molecular flexibility index (Phi) is 7.67. The molecule has 0 atom stereocenters. The molecular weight excluding hydrogens is 464 g/mol. The number of rotatable bonds is 8. The molecule has 34 heavy (non-hydrogen) atoms. The van der Waals surface area contributed by atoms with E-state index in [2.05, 4.69) is 15.0 Å². The number of hydrogen-bond acceptors (Lipinski definition) is 5. The Morgan fingerprint density at radius 3 is 2.24 bits per heavy atom. The second-order valence-electron chi connectivity index (χ2n) is 8.54. The molecule has 0 radical (unpaired) electrons. The Morgan fingerprint density at radius 2 is 1.59 bits per heavy atom. The Labute approximate surface area is 198 Å². The average molecular weight is 494 g/mol. The Balaban J connectivity index is 1.55. The molecule has 1 N–H and O–H groups in total. The van der Waals surface area contributed by atoms with Crippen LogP contribution in [0.4, 0.5) is 14.5 Å². The summed E-state index contributed by atoms with van der Waals surface area (Å²) in [5, 5.41) is 2.83. The van der Waals surface area contributed by atoms with E-state index in [1.54, 1.807) is 24.3 Å². The Hall–Kier alpha value is -2.72. The summed E-state index contributed by atoms with van der Waals surface area (Å²) >= 11 is 0. The van der Waals surface area contributed by atoms with Gasteiger partial charge >= 0.3 is 6.61 Å². The normalized spacial score (nSPS) is 17.2. The molecule has 2 fully saturated rings. The SMILES string of the molecule is O=C(NCc1ccc(OC(F)F)cc1)c1cc(S(=O)(=O)N2CCCCC2)ccc1N1CCCC1. The molecule has 0 unspecified atom stereocenters. The van der Waals surface area contributed by atoms with Crippen molar-refractivity contribution in [2.45, 2.75) is 50.2 Å². The van der Waals surface area contributed by atoms with E-state index in [-0.39, 0.29) is 23.1 Å². The molecule has 2 heterocycles. The molecule has 10 heteroatoms. The lowest BCUT2D eigenvalue weighted by Gasteiger charge is -2.27. The van der Waals surface area contributed by atoms with Crippen molar-refractivity contribution in [2.75, 3.05) is 31.1 Å². The van der Waals surface area contributed by atoms with Gasteiger partial charge in [0.05, 0.1) is 10.5 Å². The predicted octanol–water partition coefficient (Wildman–Crippen LogP) is 3.99. The van der Waals surface area contributed by atoms with Crippen LogP contribution in [0, 0.1) is 0 Å². The smallest absolute Gasteiger partial charge is 0.387 e. The van der Waals surface area contributed by atoms with Crippen LogP contribution < -0.4 is 15.0 Å². The van der Waals surface area contributed by atoms with Gasteiger partial charge in [0.25, 0.3) is 5.91 Å². The van der Waals surface area contributed by atoms with Gasteiger partial charge in [-0.25, -0.2) is 8.42 Å². The molecule has 0 saturated carbocycles. The molecule has 2 aliphatic rings. The van der Waals surface area contributed by atoms with Crippen LogP contribution in [-0.2, 0) is 16.6 Å². The quantitative estimate of drug-likeness (QED) is 0.602. The number of piperidine rings is 1. The van der Waals surface area contributed by atoms with Gasteiger partial charge in [0.1, 0.15) is 5.75 Å². The van der Waals surface area contributed by atoms with E-state index in [9.17, 15) is 22.0 Å². The van der Waals surface area contributed by atoms with Crippen molar-refractivity contribution in [3.05, 3.63) is 53.6 Å². The summed E-state index contributed by atoms with van der Waals surface area (Å²) in [5.74, 6) is -0.345. The molecule has 4 rings (SSSR count). The molecule has 0 aromatic heterocycles. The monoisotopic (exact) mass is 493 g/mol. The maximum Gasteiger partial charge on any atom is 0.387 e. The van der Waals surface area contributed by atoms with Crippen LogP contribution >= 0.6 is 0 Å². The molecule has 7 nitrogen and oxygen atoms in total. The van der Waals surface area contributed by atoms with Gasteiger partial charge in [0, 0.05) is 38.4 Å². The minimum absolute atomic E-state index is 0.0389. The van der Waals surface area contributed by atoms with E-state index >= 15 is 0 Å². The number of nitrogens with one attached hydrogen (secondary N) is 1. The lowest BCUT2D eigenvalue weighted by Crippen LogP contribution is -2.36. The fraction of sp³-hybridized carbons (Fsp3) is 0.458. The first-order valence-electron chi connectivity index (χ1n) is 11.6. The largest absolute Gasteiger partial charge is 0.435 e. The van der Waals surface area contributed by atoms with Crippen molar-refractivity contribution in [1.29, 1.82) is 0 Å². The van der Waals surface area contributed by atoms with Crippen LogP contribution in [0.15, 0.2) is 47.4 Å². The number of carbonyl (C=O) groups excluding carboxylic acids is 1. The van der Waals surface area contributed by atoms with E-state index < -0.39 is 16.6 Å². The lowest BCUT2D eigenvalue weighted by molar-refractivity contribution is -0.0498. The van der Waals surface area contributed by atoms with E-state index in [0.29, 0.717) is 29.9 Å². The number of nitrogens with zero attached hydrogens (tertiary/aromatic N) is 2. The standard InChI is InChI=1S/C24H29F2N3O4S/c25-24(26)33-19-8-6-18(7-9-19)17-27-23(30)21-16-20(10-11-22(21)28-12-4-5-13-28)34(31,32)29-14-2-1-3-15-29/h6-11,16,24H,1-5,12-15,17H2,(H,27,30). The van der Waals surface area contributed by atoms with E-state index in [1.165, 1.54) is 22.5 Å². The molecule has 2 aromatic carbocycles. The molecule has 1 amide bonds. The second-order valence-corrected chi connectivity index (χ2v) is 10.5. The molecule has 0 bridgehead atoms. The van der Waals surface area contributed by atoms with Gasteiger partial charge < -0.3 is 15.0 Å². The predicted molar refractivity (Wildman–Crippen MR) is 125 cm³/mol. The summed E-state index contributed by atoms with van der Waals surface area (Å²) in [6, 6.07) is 10.8. The number of anilines is 1. The highest BCUT2D eigenvalue weighted by Crippen LogP contribution is 2.29. The lowest BCUT2D eigenvalue weighted by atomic mass is 10.1. The van der Waals surface area contributed by atoms with Gasteiger partial charge in [-0.1, -0.05) is 18.6 Å². The third-order valence-electron chi connectivity index (χ3n) is 6.21. The number of ether oxygens (including phenoxy) is 1. The summed E-state index contributed by atoms with van der Waals surface area (Å²) in [5.41, 5.74) is 1.74. The zero-order valence-corrected chi connectivity index (χ0v) is 19.7. The maximum atomic E-state index is 13.2. The molecule has 0 spiro atoms. The number of sulfonamides is 1. The van der Waals surface area contributed by atoms with Gasteiger partial charge in [-0.3, -0.25) is 4.79 Å². The van der Waals surface area contributed by atoms with Crippen molar-refractivity contribution in [3.8, 4) is 5.75 Å². The van der Waals surface area contributed by atoms with Crippen LogP contribution in [0.2, 0.25) is 0 Å². The number of halogens is 2. The van der Waals surface area contributed by atoms with Crippen molar-refractivity contribution in [3.63, 3.8) is 0 Å². The first-order valence-corrected chi connectivity index (χ1v) is 13.0. The third kappa shape index (κ3) is 5.67. The third-order valence-corrected chi connectivity index (χ3v) is 8.11. The first kappa shape index (κ1) is 24.4. The summed E-state index contributed by atoms with van der Waals surface area (Å²) in [6.07, 6.45) is 4.71. The number of alkyl halides is 2. The fourth-order valence-electron chi connectivity index (χ4n) is 4.41. The highest BCUT2D eigenvalue weighted by atomic mass is 32.2. The highest BCUT2D eigenvalue weighted by molar-refractivity contribution is 7.89. The Bertz CT molecular complexity index is 1100. The molecule has 0 aliphatic carbocycles. The van der Waals surface area contributed by atoms with E-state index in [1.807, 2.05) is 0 Å². The van der Waals surface area contributed by atoms with Gasteiger partial charge in [0.2, 0.25) is 10.0 Å². The zero-order chi connectivity index (χ0) is 24.1. The zero-order valence-electron chi connectivity index (χ0n) is 18.9. The van der Waals surface area contributed by atoms with Crippen LogP contribution in [0.25, 0.3) is 0 Å². The maximum absolute atomic E-state index is 13.2. The number of benzene rings is 2. The summed E-state index contributed by atoms with van der Waals surface area (Å²) < 4.78 is 56.9. The summed E-state index contributed by atoms with van der Waals surface area (Å²) in [4.78, 5) is 15.4.